The number of aromatic nitrogens is 4. The van der Waals surface area contributed by atoms with Gasteiger partial charge in [-0.1, -0.05) is 0 Å². The van der Waals surface area contributed by atoms with Crippen LogP contribution >= 0.6 is 0 Å². The molecule has 2 aromatic heterocycles. The number of esters is 1. The average Bonchev–Trinajstić information content (AvgIpc) is 2.75. The zero-order chi connectivity index (χ0) is 23.9. The first kappa shape index (κ1) is 21.8. The monoisotopic (exact) mass is 460 g/mol. The third-order valence-electron chi connectivity index (χ3n) is 4.61. The Kier molecular flexibility index (Phi) is 5.24. The number of aryl methyl sites for hydroxylation is 1. The number of hydrogen-bond acceptors (Lipinski definition) is 9. The van der Waals surface area contributed by atoms with E-state index >= 15 is 0 Å². The van der Waals surface area contributed by atoms with Crippen LogP contribution in [0.2, 0.25) is 0 Å². The number of alkyl halides is 3. The van der Waals surface area contributed by atoms with Crippen LogP contribution in [0.5, 0.6) is 11.5 Å². The molecule has 0 fully saturated rings. The molecule has 0 saturated carbocycles. The lowest BCUT2D eigenvalue weighted by atomic mass is 10.2. The molecule has 0 spiro atoms. The number of nitrogens with one attached hydrogen (secondary N) is 2. The first-order valence-electron chi connectivity index (χ1n) is 9.27. The second-order valence-corrected chi connectivity index (χ2v) is 6.82. The van der Waals surface area contributed by atoms with Gasteiger partial charge in [-0.05, 0) is 37.3 Å². The number of methoxy groups -OCH3 is 1. The molecule has 13 heteroatoms. The van der Waals surface area contributed by atoms with Gasteiger partial charge in [0, 0.05) is 5.39 Å². The number of ether oxygens (including phenoxy) is 2. The largest absolute Gasteiger partial charge is 0.497 e. The van der Waals surface area contributed by atoms with Gasteiger partial charge in [-0.3, -0.25) is 15.1 Å². The predicted octanol–water partition coefficient (Wildman–Crippen LogP) is 2.98. The Labute approximate surface area is 182 Å². The summed E-state index contributed by atoms with van der Waals surface area (Å²) in [6.45, 7) is 1.75. The summed E-state index contributed by atoms with van der Waals surface area (Å²) < 4.78 is 47.3. The van der Waals surface area contributed by atoms with Crippen molar-refractivity contribution in [3.63, 3.8) is 0 Å². The summed E-state index contributed by atoms with van der Waals surface area (Å²) >= 11 is 0. The van der Waals surface area contributed by atoms with E-state index in [1.54, 1.807) is 25.1 Å². The third-order valence-corrected chi connectivity index (χ3v) is 4.61. The Hall–Kier alpha value is -4.42. The average molecular weight is 460 g/mol. The molecule has 0 unspecified atom stereocenters. The molecule has 2 aromatic carbocycles. The van der Waals surface area contributed by atoms with Crippen molar-refractivity contribution in [3.8, 4) is 11.5 Å². The van der Waals surface area contributed by atoms with E-state index in [1.807, 2.05) is 0 Å². The summed E-state index contributed by atoms with van der Waals surface area (Å²) in [6.07, 6.45) is -5.25. The van der Waals surface area contributed by atoms with Crippen LogP contribution in [0.15, 0.2) is 35.1 Å². The normalized spacial score (nSPS) is 11.5. The lowest BCUT2D eigenvalue weighted by Crippen LogP contribution is -2.28. The third kappa shape index (κ3) is 4.20. The molecule has 0 aliphatic carbocycles. The molecule has 2 heterocycles. The fourth-order valence-electron chi connectivity index (χ4n) is 3.09. The van der Waals surface area contributed by atoms with Crippen molar-refractivity contribution in [2.75, 3.05) is 18.2 Å². The fourth-order valence-corrected chi connectivity index (χ4v) is 3.09. The van der Waals surface area contributed by atoms with Crippen LogP contribution in [0.4, 0.5) is 30.8 Å². The van der Waals surface area contributed by atoms with Gasteiger partial charge in [0.2, 0.25) is 11.9 Å². The number of halogens is 3. The maximum atomic E-state index is 12.6. The van der Waals surface area contributed by atoms with Crippen molar-refractivity contribution >= 4 is 45.4 Å². The van der Waals surface area contributed by atoms with E-state index in [1.165, 1.54) is 13.2 Å². The molecule has 10 nitrogen and oxygen atoms in total. The van der Waals surface area contributed by atoms with Gasteiger partial charge in [-0.2, -0.15) is 13.2 Å². The molecular formula is C20H15F3N6O4. The standard InChI is InChI=1S/C20H15F3N6O4/c1-8-10-7-9(32-2)3-5-12(10)26-18(25-8)29-19-27-15-11(24)4-6-13(14(15)16(30)28-19)33-17(31)20(21,22)23/h3-7H,24H2,1-2H3,(H2,25,26,27,28,29,30). The fraction of sp³-hybridized carbons (Fsp3) is 0.150. The number of H-pyrrole nitrogens is 1. The molecule has 0 bridgehead atoms. The molecule has 4 rings (SSSR count). The Balaban J connectivity index is 1.75. The van der Waals surface area contributed by atoms with Gasteiger partial charge in [0.05, 0.1) is 24.0 Å². The van der Waals surface area contributed by atoms with Crippen LogP contribution in [0.25, 0.3) is 21.8 Å². The number of rotatable bonds is 4. The zero-order valence-corrected chi connectivity index (χ0v) is 17.1. The minimum Gasteiger partial charge on any atom is -0.497 e. The van der Waals surface area contributed by atoms with Crippen molar-refractivity contribution in [1.82, 2.24) is 19.9 Å². The van der Waals surface area contributed by atoms with E-state index in [2.05, 4.69) is 30.0 Å². The number of aromatic amines is 1. The van der Waals surface area contributed by atoms with Crippen molar-refractivity contribution in [1.29, 1.82) is 0 Å². The van der Waals surface area contributed by atoms with Gasteiger partial charge in [-0.25, -0.2) is 19.7 Å². The van der Waals surface area contributed by atoms with Crippen LogP contribution in [0, 0.1) is 6.92 Å². The molecule has 170 valence electrons. The molecule has 4 aromatic rings. The number of fused-ring (bicyclic) bond motifs is 2. The zero-order valence-electron chi connectivity index (χ0n) is 17.1. The molecule has 4 N–H and O–H groups in total. The second kappa shape index (κ2) is 7.93. The van der Waals surface area contributed by atoms with Gasteiger partial charge >= 0.3 is 12.1 Å². The van der Waals surface area contributed by atoms with Crippen molar-refractivity contribution < 1.29 is 27.4 Å². The molecule has 0 aliphatic rings. The quantitative estimate of drug-likeness (QED) is 0.238. The summed E-state index contributed by atoms with van der Waals surface area (Å²) in [4.78, 5) is 39.0. The van der Waals surface area contributed by atoms with Gasteiger partial charge < -0.3 is 15.2 Å². The number of hydrogen-bond donors (Lipinski definition) is 3. The summed E-state index contributed by atoms with van der Waals surface area (Å²) in [5, 5.41) is 3.08. The highest BCUT2D eigenvalue weighted by Gasteiger charge is 2.41. The lowest BCUT2D eigenvalue weighted by molar-refractivity contribution is -0.189. The van der Waals surface area contributed by atoms with E-state index in [4.69, 9.17) is 10.5 Å². The molecule has 0 atom stereocenters. The Bertz CT molecular complexity index is 1470. The van der Waals surface area contributed by atoms with Gasteiger partial charge in [0.15, 0.2) is 0 Å². The smallest absolute Gasteiger partial charge is 0.491 e. The van der Waals surface area contributed by atoms with E-state index < -0.39 is 28.8 Å². The van der Waals surface area contributed by atoms with Gasteiger partial charge in [0.1, 0.15) is 22.4 Å². The lowest BCUT2D eigenvalue weighted by Gasteiger charge is -2.12. The number of carbonyl (C=O) groups excluding carboxylic acids is 1. The van der Waals surface area contributed by atoms with Crippen molar-refractivity contribution in [2.45, 2.75) is 13.1 Å². The number of nitrogens with zero attached hydrogens (tertiary/aromatic N) is 3. The van der Waals surface area contributed by atoms with E-state index in [0.29, 0.717) is 17.0 Å². The topological polar surface area (TPSA) is 145 Å². The Morgan fingerprint density at radius 1 is 1.15 bits per heavy atom. The highest BCUT2D eigenvalue weighted by atomic mass is 19.4. The number of nitrogen functional groups attached to an aromatic ring is 1. The number of anilines is 3. The maximum Gasteiger partial charge on any atom is 0.491 e. The summed E-state index contributed by atoms with van der Waals surface area (Å²) in [5.41, 5.74) is 5.98. The first-order valence-corrected chi connectivity index (χ1v) is 9.27. The number of benzene rings is 2. The van der Waals surface area contributed by atoms with Crippen molar-refractivity contribution in [3.05, 3.63) is 46.4 Å². The van der Waals surface area contributed by atoms with E-state index in [9.17, 15) is 22.8 Å². The summed E-state index contributed by atoms with van der Waals surface area (Å²) in [5.74, 6) is -2.50. The predicted molar refractivity (Wildman–Crippen MR) is 113 cm³/mol. The van der Waals surface area contributed by atoms with Crippen LogP contribution in [0.3, 0.4) is 0 Å². The molecule has 0 saturated heterocycles. The SMILES string of the molecule is COc1ccc2nc(Nc3nc4c(N)ccc(OC(=O)C(F)(F)F)c4c(=O)[nH]3)nc(C)c2c1. The van der Waals surface area contributed by atoms with E-state index in [0.717, 1.165) is 11.5 Å². The molecule has 33 heavy (non-hydrogen) atoms. The van der Waals surface area contributed by atoms with Crippen LogP contribution in [-0.4, -0.2) is 39.2 Å². The van der Waals surface area contributed by atoms with Crippen molar-refractivity contribution in [2.24, 2.45) is 0 Å². The van der Waals surface area contributed by atoms with Gasteiger partial charge in [0.25, 0.3) is 5.56 Å². The minimum atomic E-state index is -5.25. The molecular weight excluding hydrogens is 445 g/mol. The highest BCUT2D eigenvalue weighted by Crippen LogP contribution is 2.29. The van der Waals surface area contributed by atoms with E-state index in [-0.39, 0.29) is 23.1 Å². The number of carbonyl (C=O) groups is 1. The Morgan fingerprint density at radius 3 is 2.61 bits per heavy atom. The summed E-state index contributed by atoms with van der Waals surface area (Å²) in [7, 11) is 1.54. The van der Waals surface area contributed by atoms with Crippen LogP contribution in [0.1, 0.15) is 5.69 Å². The van der Waals surface area contributed by atoms with Crippen LogP contribution < -0.4 is 26.1 Å². The van der Waals surface area contributed by atoms with Gasteiger partial charge in [-0.15, -0.1) is 0 Å². The van der Waals surface area contributed by atoms with Crippen LogP contribution in [-0.2, 0) is 4.79 Å². The molecule has 0 radical (unpaired) electrons. The molecule has 0 aliphatic heterocycles. The number of nitrogens with two attached hydrogens (primary N) is 1. The minimum absolute atomic E-state index is 0.0198. The maximum absolute atomic E-state index is 12.6. The summed E-state index contributed by atoms with van der Waals surface area (Å²) in [6, 6.07) is 7.37. The highest BCUT2D eigenvalue weighted by molar-refractivity contribution is 5.95. The second-order valence-electron chi connectivity index (χ2n) is 6.82. The first-order chi connectivity index (χ1) is 15.6. The molecule has 0 amide bonds. The Morgan fingerprint density at radius 2 is 1.91 bits per heavy atom.